The zero-order valence-electron chi connectivity index (χ0n) is 7.92. The molecule has 0 aliphatic rings. The molecular formula is C8H17NO2. The molecule has 0 aliphatic carbocycles. The van der Waals surface area contributed by atoms with E-state index in [1.807, 2.05) is 32.8 Å². The van der Waals surface area contributed by atoms with Crippen LogP contribution in [-0.2, 0) is 9.53 Å². The lowest BCUT2D eigenvalue weighted by Crippen LogP contribution is -2.40. The topological polar surface area (TPSA) is 29.5 Å². The SMILES string of the molecule is COC(=O)C(C(C)C)N(C)C. The third-order valence-corrected chi connectivity index (χ3v) is 1.63. The third kappa shape index (κ3) is 2.89. The molecular weight excluding hydrogens is 142 g/mol. The van der Waals surface area contributed by atoms with Gasteiger partial charge in [0.2, 0.25) is 0 Å². The average molecular weight is 159 g/mol. The summed E-state index contributed by atoms with van der Waals surface area (Å²) in [6.45, 7) is 4.00. The van der Waals surface area contributed by atoms with E-state index in [9.17, 15) is 4.79 Å². The molecule has 66 valence electrons. The minimum atomic E-state index is -0.162. The molecule has 0 N–H and O–H groups in total. The van der Waals surface area contributed by atoms with Gasteiger partial charge >= 0.3 is 5.97 Å². The lowest BCUT2D eigenvalue weighted by Gasteiger charge is -2.24. The van der Waals surface area contributed by atoms with Gasteiger partial charge in [-0.25, -0.2) is 0 Å². The number of carbonyl (C=O) groups is 1. The molecule has 3 nitrogen and oxygen atoms in total. The first-order valence-corrected chi connectivity index (χ1v) is 3.75. The molecule has 0 aromatic heterocycles. The van der Waals surface area contributed by atoms with Crippen molar-refractivity contribution in [3.05, 3.63) is 0 Å². The molecule has 0 radical (unpaired) electrons. The lowest BCUT2D eigenvalue weighted by atomic mass is 10.0. The summed E-state index contributed by atoms with van der Waals surface area (Å²) >= 11 is 0. The van der Waals surface area contributed by atoms with Gasteiger partial charge < -0.3 is 4.74 Å². The van der Waals surface area contributed by atoms with Crippen LogP contribution >= 0.6 is 0 Å². The Morgan fingerprint density at radius 3 is 1.91 bits per heavy atom. The molecule has 0 aromatic carbocycles. The highest BCUT2D eigenvalue weighted by Crippen LogP contribution is 2.08. The van der Waals surface area contributed by atoms with E-state index in [-0.39, 0.29) is 17.9 Å². The monoisotopic (exact) mass is 159 g/mol. The fraction of sp³-hybridized carbons (Fsp3) is 0.875. The van der Waals surface area contributed by atoms with E-state index in [4.69, 9.17) is 0 Å². The van der Waals surface area contributed by atoms with E-state index < -0.39 is 0 Å². The highest BCUT2D eigenvalue weighted by atomic mass is 16.5. The normalized spacial score (nSPS) is 13.7. The molecule has 0 bridgehead atoms. The minimum absolute atomic E-state index is 0.125. The van der Waals surface area contributed by atoms with E-state index in [1.165, 1.54) is 7.11 Å². The number of nitrogens with zero attached hydrogens (tertiary/aromatic N) is 1. The Bertz CT molecular complexity index is 124. The van der Waals surface area contributed by atoms with Crippen molar-refractivity contribution in [3.63, 3.8) is 0 Å². The van der Waals surface area contributed by atoms with Crippen LogP contribution in [0.3, 0.4) is 0 Å². The largest absolute Gasteiger partial charge is 0.468 e. The minimum Gasteiger partial charge on any atom is -0.468 e. The summed E-state index contributed by atoms with van der Waals surface area (Å²) in [5.41, 5.74) is 0. The van der Waals surface area contributed by atoms with Gasteiger partial charge in [-0.2, -0.15) is 0 Å². The Labute approximate surface area is 68.3 Å². The van der Waals surface area contributed by atoms with Crippen LogP contribution in [0, 0.1) is 5.92 Å². The van der Waals surface area contributed by atoms with E-state index in [0.717, 1.165) is 0 Å². The van der Waals surface area contributed by atoms with Gasteiger partial charge in [-0.3, -0.25) is 9.69 Å². The summed E-state index contributed by atoms with van der Waals surface area (Å²) in [6.07, 6.45) is 0. The number of carbonyl (C=O) groups excluding carboxylic acids is 1. The predicted octanol–water partition coefficient (Wildman–Crippen LogP) is 0.746. The zero-order valence-corrected chi connectivity index (χ0v) is 7.92. The van der Waals surface area contributed by atoms with Crippen LogP contribution in [0.15, 0.2) is 0 Å². The van der Waals surface area contributed by atoms with Crippen LogP contribution in [-0.4, -0.2) is 38.1 Å². The Kier molecular flexibility index (Phi) is 4.11. The molecule has 0 spiro atoms. The van der Waals surface area contributed by atoms with Crippen LogP contribution < -0.4 is 0 Å². The van der Waals surface area contributed by atoms with Crippen LogP contribution in [0.25, 0.3) is 0 Å². The molecule has 0 amide bonds. The first kappa shape index (κ1) is 10.4. The van der Waals surface area contributed by atoms with Crippen molar-refractivity contribution >= 4 is 5.97 Å². The summed E-state index contributed by atoms with van der Waals surface area (Å²) in [6, 6.07) is -0.125. The Morgan fingerprint density at radius 1 is 1.36 bits per heavy atom. The third-order valence-electron chi connectivity index (χ3n) is 1.63. The smallest absolute Gasteiger partial charge is 0.323 e. The van der Waals surface area contributed by atoms with Gasteiger partial charge in [-0.05, 0) is 20.0 Å². The molecule has 0 saturated heterocycles. The number of esters is 1. The second-order valence-corrected chi connectivity index (χ2v) is 3.18. The Morgan fingerprint density at radius 2 is 1.82 bits per heavy atom. The van der Waals surface area contributed by atoms with E-state index >= 15 is 0 Å². The Hall–Kier alpha value is -0.570. The second kappa shape index (κ2) is 4.34. The van der Waals surface area contributed by atoms with Crippen LogP contribution in [0.5, 0.6) is 0 Å². The summed E-state index contributed by atoms with van der Waals surface area (Å²) in [5.74, 6) is 0.127. The van der Waals surface area contributed by atoms with Gasteiger partial charge in [0, 0.05) is 0 Å². The van der Waals surface area contributed by atoms with Gasteiger partial charge in [0.25, 0.3) is 0 Å². The zero-order chi connectivity index (χ0) is 9.02. The summed E-state index contributed by atoms with van der Waals surface area (Å²) < 4.78 is 4.65. The van der Waals surface area contributed by atoms with Crippen molar-refractivity contribution in [2.24, 2.45) is 5.92 Å². The van der Waals surface area contributed by atoms with Crippen LogP contribution in [0.2, 0.25) is 0 Å². The maximum atomic E-state index is 11.1. The van der Waals surface area contributed by atoms with Gasteiger partial charge in [-0.1, -0.05) is 13.8 Å². The van der Waals surface area contributed by atoms with Crippen molar-refractivity contribution in [2.75, 3.05) is 21.2 Å². The second-order valence-electron chi connectivity index (χ2n) is 3.18. The first-order valence-electron chi connectivity index (χ1n) is 3.75. The number of hydrogen-bond acceptors (Lipinski definition) is 3. The molecule has 0 fully saturated rings. The Balaban J connectivity index is 4.22. The molecule has 0 saturated carbocycles. The van der Waals surface area contributed by atoms with Crippen LogP contribution in [0.4, 0.5) is 0 Å². The predicted molar refractivity (Wildman–Crippen MR) is 44.3 cm³/mol. The maximum Gasteiger partial charge on any atom is 0.323 e. The molecule has 11 heavy (non-hydrogen) atoms. The van der Waals surface area contributed by atoms with Gasteiger partial charge in [-0.15, -0.1) is 0 Å². The molecule has 0 heterocycles. The number of hydrogen-bond donors (Lipinski definition) is 0. The number of methoxy groups -OCH3 is 1. The van der Waals surface area contributed by atoms with E-state index in [0.29, 0.717) is 0 Å². The molecule has 0 aromatic rings. The standard InChI is InChI=1S/C8H17NO2/c1-6(2)7(9(3)4)8(10)11-5/h6-7H,1-5H3. The average Bonchev–Trinajstić information content (AvgIpc) is 1.85. The molecule has 1 atom stereocenters. The number of rotatable bonds is 3. The molecule has 3 heteroatoms. The van der Waals surface area contributed by atoms with E-state index in [1.54, 1.807) is 0 Å². The van der Waals surface area contributed by atoms with Gasteiger partial charge in [0.15, 0.2) is 0 Å². The van der Waals surface area contributed by atoms with Crippen molar-refractivity contribution in [1.29, 1.82) is 0 Å². The quantitative estimate of drug-likeness (QED) is 0.569. The fourth-order valence-corrected chi connectivity index (χ4v) is 1.20. The number of likely N-dealkylation sites (N-methyl/N-ethyl adjacent to an activating group) is 1. The van der Waals surface area contributed by atoms with Crippen molar-refractivity contribution in [2.45, 2.75) is 19.9 Å². The molecule has 0 rings (SSSR count). The van der Waals surface area contributed by atoms with Crippen molar-refractivity contribution in [3.8, 4) is 0 Å². The summed E-state index contributed by atoms with van der Waals surface area (Å²) in [5, 5.41) is 0. The molecule has 0 aliphatic heterocycles. The van der Waals surface area contributed by atoms with Gasteiger partial charge in [0.05, 0.1) is 7.11 Å². The summed E-state index contributed by atoms with van der Waals surface area (Å²) in [7, 11) is 5.17. The van der Waals surface area contributed by atoms with Crippen molar-refractivity contribution < 1.29 is 9.53 Å². The first-order chi connectivity index (χ1) is 5.00. The number of ether oxygens (including phenoxy) is 1. The van der Waals surface area contributed by atoms with Crippen molar-refractivity contribution in [1.82, 2.24) is 4.90 Å². The van der Waals surface area contributed by atoms with Crippen LogP contribution in [0.1, 0.15) is 13.8 Å². The highest BCUT2D eigenvalue weighted by molar-refractivity contribution is 5.75. The summed E-state index contributed by atoms with van der Waals surface area (Å²) in [4.78, 5) is 13.0. The molecule has 1 unspecified atom stereocenters. The van der Waals surface area contributed by atoms with Gasteiger partial charge in [0.1, 0.15) is 6.04 Å². The fourth-order valence-electron chi connectivity index (χ4n) is 1.20. The van der Waals surface area contributed by atoms with E-state index in [2.05, 4.69) is 4.74 Å². The lowest BCUT2D eigenvalue weighted by molar-refractivity contribution is -0.147. The highest BCUT2D eigenvalue weighted by Gasteiger charge is 2.24. The maximum absolute atomic E-state index is 11.1.